The molecule has 5 nitrogen and oxygen atoms in total. The Kier molecular flexibility index (Phi) is 4.34. The molecule has 2 rings (SSSR count). The fourth-order valence-corrected chi connectivity index (χ4v) is 1.58. The summed E-state index contributed by atoms with van der Waals surface area (Å²) in [6.45, 7) is 0. The number of nitrogens with one attached hydrogen (secondary N) is 1. The van der Waals surface area contributed by atoms with E-state index in [-0.39, 0.29) is 12.4 Å². The lowest BCUT2D eigenvalue weighted by Gasteiger charge is -2.10. The second-order valence-corrected chi connectivity index (χ2v) is 3.20. The summed E-state index contributed by atoms with van der Waals surface area (Å²) < 4.78 is 10.4. The molecular formula is C11H14ClN3O2. The van der Waals surface area contributed by atoms with Gasteiger partial charge in [-0.15, -0.1) is 12.4 Å². The number of hydrogen-bond acceptors (Lipinski definition) is 5. The van der Waals surface area contributed by atoms with Crippen molar-refractivity contribution in [2.75, 3.05) is 26.6 Å². The van der Waals surface area contributed by atoms with Gasteiger partial charge in [0.05, 0.1) is 19.7 Å². The van der Waals surface area contributed by atoms with Gasteiger partial charge in [-0.25, -0.2) is 9.97 Å². The Bertz CT molecular complexity index is 519. The van der Waals surface area contributed by atoms with Crippen molar-refractivity contribution in [3.63, 3.8) is 0 Å². The SMILES string of the molecule is CNc1ncnc2cc(OC)c(OC)cc12.Cl. The summed E-state index contributed by atoms with van der Waals surface area (Å²) in [7, 11) is 5.02. The van der Waals surface area contributed by atoms with Crippen molar-refractivity contribution >= 4 is 29.1 Å². The van der Waals surface area contributed by atoms with Crippen LogP contribution >= 0.6 is 12.4 Å². The zero-order valence-corrected chi connectivity index (χ0v) is 10.7. The van der Waals surface area contributed by atoms with Gasteiger partial charge in [0.25, 0.3) is 0 Å². The van der Waals surface area contributed by atoms with Crippen LogP contribution in [0.1, 0.15) is 0 Å². The number of nitrogens with zero attached hydrogens (tertiary/aromatic N) is 2. The molecule has 0 saturated carbocycles. The molecular weight excluding hydrogens is 242 g/mol. The Morgan fingerprint density at radius 2 is 1.71 bits per heavy atom. The lowest BCUT2D eigenvalue weighted by molar-refractivity contribution is 0.356. The fraction of sp³-hybridized carbons (Fsp3) is 0.273. The first-order valence-corrected chi connectivity index (χ1v) is 4.84. The van der Waals surface area contributed by atoms with E-state index in [1.165, 1.54) is 6.33 Å². The number of benzene rings is 1. The van der Waals surface area contributed by atoms with E-state index >= 15 is 0 Å². The number of fused-ring (bicyclic) bond motifs is 1. The number of anilines is 1. The summed E-state index contributed by atoms with van der Waals surface area (Å²) >= 11 is 0. The molecule has 0 aliphatic carbocycles. The van der Waals surface area contributed by atoms with Crippen molar-refractivity contribution < 1.29 is 9.47 Å². The Morgan fingerprint density at radius 3 is 2.29 bits per heavy atom. The summed E-state index contributed by atoms with van der Waals surface area (Å²) in [5, 5.41) is 3.92. The van der Waals surface area contributed by atoms with E-state index in [9.17, 15) is 0 Å². The van der Waals surface area contributed by atoms with E-state index in [0.717, 1.165) is 16.7 Å². The summed E-state index contributed by atoms with van der Waals surface area (Å²) in [5.74, 6) is 2.10. The van der Waals surface area contributed by atoms with Gasteiger partial charge in [-0.3, -0.25) is 0 Å². The van der Waals surface area contributed by atoms with E-state index < -0.39 is 0 Å². The highest BCUT2D eigenvalue weighted by atomic mass is 35.5. The number of hydrogen-bond donors (Lipinski definition) is 1. The van der Waals surface area contributed by atoms with Gasteiger partial charge in [0.15, 0.2) is 11.5 Å². The standard InChI is InChI=1S/C11H13N3O2.ClH/c1-12-11-7-4-9(15-2)10(16-3)5-8(7)13-6-14-11;/h4-6H,1-3H3,(H,12,13,14);1H. The molecule has 1 N–H and O–H groups in total. The van der Waals surface area contributed by atoms with Crippen LogP contribution < -0.4 is 14.8 Å². The third-order valence-corrected chi connectivity index (χ3v) is 2.38. The molecule has 0 spiro atoms. The van der Waals surface area contributed by atoms with Crippen LogP contribution in [0.15, 0.2) is 18.5 Å². The molecule has 0 atom stereocenters. The highest BCUT2D eigenvalue weighted by Crippen LogP contribution is 2.33. The molecule has 0 unspecified atom stereocenters. The van der Waals surface area contributed by atoms with Crippen molar-refractivity contribution in [2.24, 2.45) is 0 Å². The van der Waals surface area contributed by atoms with Crippen LogP contribution in [-0.4, -0.2) is 31.2 Å². The molecule has 0 fully saturated rings. The highest BCUT2D eigenvalue weighted by Gasteiger charge is 2.09. The Labute approximate surface area is 106 Å². The molecule has 0 bridgehead atoms. The van der Waals surface area contributed by atoms with Crippen molar-refractivity contribution in [1.29, 1.82) is 0 Å². The number of rotatable bonds is 3. The third kappa shape index (κ3) is 2.34. The molecule has 17 heavy (non-hydrogen) atoms. The zero-order chi connectivity index (χ0) is 11.5. The van der Waals surface area contributed by atoms with E-state index in [1.807, 2.05) is 19.2 Å². The van der Waals surface area contributed by atoms with E-state index in [4.69, 9.17) is 9.47 Å². The Morgan fingerprint density at radius 1 is 1.06 bits per heavy atom. The molecule has 0 saturated heterocycles. The smallest absolute Gasteiger partial charge is 0.162 e. The average molecular weight is 256 g/mol. The molecule has 0 radical (unpaired) electrons. The predicted molar refractivity (Wildman–Crippen MR) is 69.4 cm³/mol. The third-order valence-electron chi connectivity index (χ3n) is 2.38. The van der Waals surface area contributed by atoms with Crippen molar-refractivity contribution in [3.8, 4) is 11.5 Å². The topological polar surface area (TPSA) is 56.3 Å². The van der Waals surface area contributed by atoms with E-state index in [0.29, 0.717) is 11.5 Å². The second kappa shape index (κ2) is 5.54. The van der Waals surface area contributed by atoms with Gasteiger partial charge in [0.2, 0.25) is 0 Å². The van der Waals surface area contributed by atoms with Crippen LogP contribution in [0.2, 0.25) is 0 Å². The van der Waals surface area contributed by atoms with Gasteiger partial charge in [0.1, 0.15) is 12.1 Å². The minimum atomic E-state index is 0. The first kappa shape index (κ1) is 13.3. The quantitative estimate of drug-likeness (QED) is 0.910. The molecule has 1 heterocycles. The van der Waals surface area contributed by atoms with Gasteiger partial charge >= 0.3 is 0 Å². The number of aromatic nitrogens is 2. The van der Waals surface area contributed by atoms with Crippen LogP contribution in [-0.2, 0) is 0 Å². The van der Waals surface area contributed by atoms with Crippen LogP contribution in [0.25, 0.3) is 10.9 Å². The highest BCUT2D eigenvalue weighted by molar-refractivity contribution is 5.91. The largest absolute Gasteiger partial charge is 0.493 e. The van der Waals surface area contributed by atoms with Gasteiger partial charge in [-0.05, 0) is 6.07 Å². The Hall–Kier alpha value is -1.75. The predicted octanol–water partition coefficient (Wildman–Crippen LogP) is 2.11. The van der Waals surface area contributed by atoms with Crippen molar-refractivity contribution in [2.45, 2.75) is 0 Å². The Balaban J connectivity index is 0.00000144. The minimum absolute atomic E-state index is 0. The number of methoxy groups -OCH3 is 2. The number of halogens is 1. The van der Waals surface area contributed by atoms with E-state index in [1.54, 1.807) is 14.2 Å². The molecule has 2 aromatic rings. The summed E-state index contributed by atoms with van der Waals surface area (Å²) in [6.07, 6.45) is 1.51. The number of ether oxygens (including phenoxy) is 2. The molecule has 92 valence electrons. The summed E-state index contributed by atoms with van der Waals surface area (Å²) in [4.78, 5) is 8.32. The summed E-state index contributed by atoms with van der Waals surface area (Å²) in [5.41, 5.74) is 0.817. The monoisotopic (exact) mass is 255 g/mol. The molecule has 1 aromatic heterocycles. The average Bonchev–Trinajstić information content (AvgIpc) is 2.36. The van der Waals surface area contributed by atoms with Crippen LogP contribution in [0, 0.1) is 0 Å². The van der Waals surface area contributed by atoms with Crippen LogP contribution in [0.5, 0.6) is 11.5 Å². The fourth-order valence-electron chi connectivity index (χ4n) is 1.58. The lowest BCUT2D eigenvalue weighted by Crippen LogP contribution is -1.97. The maximum Gasteiger partial charge on any atom is 0.162 e. The van der Waals surface area contributed by atoms with Gasteiger partial charge in [0, 0.05) is 18.5 Å². The second-order valence-electron chi connectivity index (χ2n) is 3.20. The molecule has 0 aliphatic heterocycles. The molecule has 0 amide bonds. The van der Waals surface area contributed by atoms with Crippen LogP contribution in [0.3, 0.4) is 0 Å². The van der Waals surface area contributed by atoms with Crippen LogP contribution in [0.4, 0.5) is 5.82 Å². The van der Waals surface area contributed by atoms with Gasteiger partial charge < -0.3 is 14.8 Å². The maximum atomic E-state index is 5.24. The first-order chi connectivity index (χ1) is 7.80. The normalized spacial score (nSPS) is 9.59. The van der Waals surface area contributed by atoms with Gasteiger partial charge in [-0.1, -0.05) is 0 Å². The molecule has 0 aliphatic rings. The zero-order valence-electron chi connectivity index (χ0n) is 9.85. The van der Waals surface area contributed by atoms with Crippen molar-refractivity contribution in [1.82, 2.24) is 9.97 Å². The molecule has 6 heteroatoms. The van der Waals surface area contributed by atoms with E-state index in [2.05, 4.69) is 15.3 Å². The maximum absolute atomic E-state index is 5.24. The molecule has 1 aromatic carbocycles. The minimum Gasteiger partial charge on any atom is -0.493 e. The summed E-state index contributed by atoms with van der Waals surface area (Å²) in [6, 6.07) is 3.69. The van der Waals surface area contributed by atoms with Crippen molar-refractivity contribution in [3.05, 3.63) is 18.5 Å². The first-order valence-electron chi connectivity index (χ1n) is 4.84. The lowest BCUT2D eigenvalue weighted by atomic mass is 10.2. The van der Waals surface area contributed by atoms with Gasteiger partial charge in [-0.2, -0.15) is 0 Å².